The molecule has 1 aromatic heterocycles. The molecule has 1 amide bonds. The van der Waals surface area contributed by atoms with Crippen LogP contribution in [0, 0.1) is 5.82 Å². The van der Waals surface area contributed by atoms with Crippen molar-refractivity contribution in [1.29, 1.82) is 0 Å². The number of ether oxygens (including phenoxy) is 1. The minimum atomic E-state index is -0.292. The van der Waals surface area contributed by atoms with Crippen molar-refractivity contribution in [1.82, 2.24) is 15.5 Å². The van der Waals surface area contributed by atoms with Crippen LogP contribution in [0.15, 0.2) is 60.7 Å². The molecule has 0 saturated carbocycles. The van der Waals surface area contributed by atoms with Gasteiger partial charge in [0.05, 0.1) is 29.3 Å². The van der Waals surface area contributed by atoms with Gasteiger partial charge >= 0.3 is 0 Å². The van der Waals surface area contributed by atoms with Crippen molar-refractivity contribution >= 4 is 40.6 Å². The summed E-state index contributed by atoms with van der Waals surface area (Å²) in [5, 5.41) is 11.5. The molecule has 0 bridgehead atoms. The van der Waals surface area contributed by atoms with E-state index in [1.807, 2.05) is 24.3 Å². The number of methoxy groups -OCH3 is 1. The Kier molecular flexibility index (Phi) is 6.00. The molecular weight excluding hydrogens is 417 g/mol. The number of carbonyl (C=O) groups excluding carboxylic acids is 1. The van der Waals surface area contributed by atoms with Gasteiger partial charge in [0.25, 0.3) is 5.91 Å². The zero-order chi connectivity index (χ0) is 21.8. The second kappa shape index (κ2) is 9.02. The Morgan fingerprint density at radius 2 is 1.97 bits per heavy atom. The Hall–Kier alpha value is -3.64. The summed E-state index contributed by atoms with van der Waals surface area (Å²) in [4.78, 5) is 12.9. The standard InChI is InChI=1S/C24H19ClFN3O2/c1-31-23-19(24(30)27-14-16-3-2-4-17(25)13-16)10-12-21-22(23)20(28-29-21)11-7-15-5-8-18(26)9-6-15/h2-13H,14H2,1H3,(H,27,30)(H,28,29)/b11-7+. The van der Waals surface area contributed by atoms with Crippen molar-refractivity contribution in [3.63, 3.8) is 0 Å². The fourth-order valence-electron chi connectivity index (χ4n) is 3.29. The smallest absolute Gasteiger partial charge is 0.255 e. The number of halogens is 2. The molecule has 1 heterocycles. The van der Waals surface area contributed by atoms with E-state index in [-0.39, 0.29) is 11.7 Å². The Bertz CT molecular complexity index is 1270. The van der Waals surface area contributed by atoms with Crippen LogP contribution in [-0.2, 0) is 6.54 Å². The summed E-state index contributed by atoms with van der Waals surface area (Å²) in [7, 11) is 1.52. The molecule has 0 unspecified atom stereocenters. The third kappa shape index (κ3) is 4.59. The van der Waals surface area contributed by atoms with E-state index in [9.17, 15) is 9.18 Å². The first-order valence-electron chi connectivity index (χ1n) is 9.56. The summed E-state index contributed by atoms with van der Waals surface area (Å²) in [6.45, 7) is 0.337. The fraction of sp³-hybridized carbons (Fsp3) is 0.0833. The number of H-pyrrole nitrogens is 1. The van der Waals surface area contributed by atoms with Gasteiger partial charge in [-0.1, -0.05) is 41.9 Å². The highest BCUT2D eigenvalue weighted by Gasteiger charge is 2.18. The van der Waals surface area contributed by atoms with Crippen molar-refractivity contribution in [2.24, 2.45) is 0 Å². The Balaban J connectivity index is 1.63. The molecule has 2 N–H and O–H groups in total. The van der Waals surface area contributed by atoms with Crippen molar-refractivity contribution in [2.75, 3.05) is 7.11 Å². The highest BCUT2D eigenvalue weighted by Crippen LogP contribution is 2.32. The number of fused-ring (bicyclic) bond motifs is 1. The summed E-state index contributed by atoms with van der Waals surface area (Å²) in [5.74, 6) is -0.138. The number of rotatable bonds is 6. The number of amides is 1. The first-order valence-corrected chi connectivity index (χ1v) is 9.94. The maximum Gasteiger partial charge on any atom is 0.255 e. The largest absolute Gasteiger partial charge is 0.495 e. The molecule has 4 aromatic rings. The summed E-state index contributed by atoms with van der Waals surface area (Å²) < 4.78 is 18.7. The molecule has 0 aliphatic heterocycles. The SMILES string of the molecule is COc1c(C(=O)NCc2cccc(Cl)c2)ccc2n[nH]c(/C=C/c3ccc(F)cc3)c12. The van der Waals surface area contributed by atoms with E-state index < -0.39 is 0 Å². The number of hydrogen-bond acceptors (Lipinski definition) is 3. The highest BCUT2D eigenvalue weighted by molar-refractivity contribution is 6.30. The van der Waals surface area contributed by atoms with Gasteiger partial charge in [-0.2, -0.15) is 5.10 Å². The Morgan fingerprint density at radius 1 is 1.16 bits per heavy atom. The lowest BCUT2D eigenvalue weighted by Gasteiger charge is -2.11. The van der Waals surface area contributed by atoms with Crippen LogP contribution in [0.25, 0.3) is 23.1 Å². The third-order valence-electron chi connectivity index (χ3n) is 4.81. The first-order chi connectivity index (χ1) is 15.0. The van der Waals surface area contributed by atoms with Crippen LogP contribution < -0.4 is 10.1 Å². The average molecular weight is 436 g/mol. The number of nitrogens with one attached hydrogen (secondary N) is 2. The number of nitrogens with zero attached hydrogens (tertiary/aromatic N) is 1. The van der Waals surface area contributed by atoms with Crippen LogP contribution in [0.1, 0.15) is 27.2 Å². The van der Waals surface area contributed by atoms with E-state index >= 15 is 0 Å². The fourth-order valence-corrected chi connectivity index (χ4v) is 3.50. The van der Waals surface area contributed by atoms with Crippen LogP contribution in [0.3, 0.4) is 0 Å². The molecule has 0 atom stereocenters. The Morgan fingerprint density at radius 3 is 2.71 bits per heavy atom. The second-order valence-electron chi connectivity index (χ2n) is 6.88. The van der Waals surface area contributed by atoms with Gasteiger partial charge in [-0.15, -0.1) is 0 Å². The summed E-state index contributed by atoms with van der Waals surface area (Å²) in [6.07, 6.45) is 3.65. The van der Waals surface area contributed by atoms with E-state index in [4.69, 9.17) is 16.3 Å². The van der Waals surface area contributed by atoms with Crippen molar-refractivity contribution < 1.29 is 13.9 Å². The van der Waals surface area contributed by atoms with Gasteiger partial charge in [0.2, 0.25) is 0 Å². The molecule has 156 valence electrons. The van der Waals surface area contributed by atoms with E-state index in [2.05, 4.69) is 15.5 Å². The molecule has 5 nitrogen and oxygen atoms in total. The molecular formula is C24H19ClFN3O2. The normalized spacial score (nSPS) is 11.2. The summed E-state index contributed by atoms with van der Waals surface area (Å²) in [6, 6.07) is 16.9. The second-order valence-corrected chi connectivity index (χ2v) is 7.31. The molecule has 7 heteroatoms. The van der Waals surface area contributed by atoms with Gasteiger partial charge in [0.1, 0.15) is 11.6 Å². The van der Waals surface area contributed by atoms with Gasteiger partial charge in [-0.25, -0.2) is 4.39 Å². The third-order valence-corrected chi connectivity index (χ3v) is 5.04. The molecule has 0 saturated heterocycles. The van der Waals surface area contributed by atoms with E-state index in [0.717, 1.165) is 11.1 Å². The zero-order valence-corrected chi connectivity index (χ0v) is 17.4. The van der Waals surface area contributed by atoms with E-state index in [1.165, 1.54) is 19.2 Å². The topological polar surface area (TPSA) is 67.0 Å². The van der Waals surface area contributed by atoms with Crippen molar-refractivity contribution in [2.45, 2.75) is 6.54 Å². The van der Waals surface area contributed by atoms with Gasteiger partial charge in [0, 0.05) is 11.6 Å². The molecule has 31 heavy (non-hydrogen) atoms. The maximum atomic E-state index is 13.1. The minimum absolute atomic E-state index is 0.270. The highest BCUT2D eigenvalue weighted by atomic mass is 35.5. The summed E-state index contributed by atoms with van der Waals surface area (Å²) in [5.41, 5.74) is 3.48. The number of benzene rings is 3. The summed E-state index contributed by atoms with van der Waals surface area (Å²) >= 11 is 6.01. The van der Waals surface area contributed by atoms with Crippen LogP contribution in [0.4, 0.5) is 4.39 Å². The minimum Gasteiger partial charge on any atom is -0.495 e. The van der Waals surface area contributed by atoms with Gasteiger partial charge in [-0.3, -0.25) is 9.89 Å². The zero-order valence-electron chi connectivity index (χ0n) is 16.7. The Labute approximate surface area is 183 Å². The monoisotopic (exact) mass is 435 g/mol. The van der Waals surface area contributed by atoms with Gasteiger partial charge in [-0.05, 0) is 53.6 Å². The van der Waals surface area contributed by atoms with E-state index in [0.29, 0.717) is 39.5 Å². The number of aromatic amines is 1. The predicted octanol–water partition coefficient (Wildman–Crippen LogP) is 5.46. The molecule has 0 spiro atoms. The van der Waals surface area contributed by atoms with Gasteiger partial charge < -0.3 is 10.1 Å². The molecule has 3 aromatic carbocycles. The van der Waals surface area contributed by atoms with Crippen LogP contribution in [0.2, 0.25) is 5.02 Å². The quantitative estimate of drug-likeness (QED) is 0.422. The van der Waals surface area contributed by atoms with Crippen LogP contribution in [0.5, 0.6) is 5.75 Å². The lowest BCUT2D eigenvalue weighted by atomic mass is 10.1. The molecule has 0 aliphatic carbocycles. The van der Waals surface area contributed by atoms with Crippen molar-refractivity contribution in [3.8, 4) is 5.75 Å². The first kappa shape index (κ1) is 20.6. The molecule has 0 radical (unpaired) electrons. The lowest BCUT2D eigenvalue weighted by molar-refractivity contribution is 0.0948. The molecule has 4 rings (SSSR count). The molecule has 0 fully saturated rings. The average Bonchev–Trinajstić information content (AvgIpc) is 3.19. The number of hydrogen-bond donors (Lipinski definition) is 2. The maximum absolute atomic E-state index is 13.1. The van der Waals surface area contributed by atoms with Crippen LogP contribution in [-0.4, -0.2) is 23.2 Å². The van der Waals surface area contributed by atoms with Crippen molar-refractivity contribution in [3.05, 3.63) is 93.9 Å². The van der Waals surface area contributed by atoms with Crippen LogP contribution >= 0.6 is 11.6 Å². The van der Waals surface area contributed by atoms with E-state index in [1.54, 1.807) is 36.4 Å². The number of aromatic nitrogens is 2. The van der Waals surface area contributed by atoms with Gasteiger partial charge in [0.15, 0.2) is 0 Å². The lowest BCUT2D eigenvalue weighted by Crippen LogP contribution is -2.23. The number of carbonyl (C=O) groups is 1. The molecule has 0 aliphatic rings. The predicted molar refractivity (Wildman–Crippen MR) is 121 cm³/mol.